The van der Waals surface area contributed by atoms with Crippen LogP contribution in [0.5, 0.6) is 11.6 Å². The van der Waals surface area contributed by atoms with Gasteiger partial charge >= 0.3 is 4.87 Å². The average molecular weight is 415 g/mol. The van der Waals surface area contributed by atoms with E-state index in [9.17, 15) is 15.0 Å². The lowest BCUT2D eigenvalue weighted by Gasteiger charge is -2.18. The lowest BCUT2D eigenvalue weighted by molar-refractivity contribution is 0.161. The van der Waals surface area contributed by atoms with Gasteiger partial charge in [-0.1, -0.05) is 53.8 Å². The Bertz CT molecular complexity index is 937. The first-order valence-corrected chi connectivity index (χ1v) is 10.4. The monoisotopic (exact) mass is 414 g/mol. The summed E-state index contributed by atoms with van der Waals surface area (Å²) in [6.07, 6.45) is 0.667. The molecule has 0 bridgehead atoms. The first kappa shape index (κ1) is 21.1. The number of aliphatic hydroxyl groups excluding tert-OH is 1. The molecule has 0 aliphatic carbocycles. The Morgan fingerprint density at radius 1 is 1.10 bits per heavy atom. The molecule has 7 heteroatoms. The third kappa shape index (κ3) is 6.74. The number of hydrogen-bond donors (Lipinski definition) is 4. The SMILES string of the molecule is CC(COc1ccc(Cc2sc(=O)[nH]c2O)cc1)NCC(O)Cc1ccccc1. The smallest absolute Gasteiger partial charge is 0.307 e. The van der Waals surface area contributed by atoms with Crippen molar-refractivity contribution >= 4 is 11.3 Å². The maximum Gasteiger partial charge on any atom is 0.307 e. The van der Waals surface area contributed by atoms with Gasteiger partial charge in [-0.2, -0.15) is 0 Å². The number of H-pyrrole nitrogens is 1. The van der Waals surface area contributed by atoms with Crippen LogP contribution in [0.2, 0.25) is 0 Å². The van der Waals surface area contributed by atoms with E-state index in [1.165, 1.54) is 0 Å². The fraction of sp³-hybridized carbons (Fsp3) is 0.318. The van der Waals surface area contributed by atoms with Gasteiger partial charge < -0.3 is 20.3 Å². The molecule has 0 saturated carbocycles. The largest absolute Gasteiger partial charge is 0.494 e. The van der Waals surface area contributed by atoms with E-state index < -0.39 is 6.10 Å². The molecular weight excluding hydrogens is 388 g/mol. The van der Waals surface area contributed by atoms with Crippen LogP contribution in [0, 0.1) is 0 Å². The van der Waals surface area contributed by atoms with Gasteiger partial charge in [0, 0.05) is 19.0 Å². The highest BCUT2D eigenvalue weighted by atomic mass is 32.1. The van der Waals surface area contributed by atoms with Gasteiger partial charge in [0.2, 0.25) is 5.88 Å². The molecule has 2 aromatic carbocycles. The van der Waals surface area contributed by atoms with Crippen molar-refractivity contribution in [2.75, 3.05) is 13.2 Å². The lowest BCUT2D eigenvalue weighted by atomic mass is 10.1. The van der Waals surface area contributed by atoms with Crippen molar-refractivity contribution in [3.8, 4) is 11.6 Å². The maximum absolute atomic E-state index is 11.3. The van der Waals surface area contributed by atoms with E-state index in [1.54, 1.807) is 0 Å². The molecule has 1 heterocycles. The van der Waals surface area contributed by atoms with Gasteiger partial charge in [-0.05, 0) is 36.6 Å². The molecule has 0 aliphatic rings. The van der Waals surface area contributed by atoms with E-state index in [-0.39, 0.29) is 16.8 Å². The zero-order valence-corrected chi connectivity index (χ0v) is 17.1. The van der Waals surface area contributed by atoms with Crippen LogP contribution >= 0.6 is 11.3 Å². The first-order valence-electron chi connectivity index (χ1n) is 9.57. The van der Waals surface area contributed by atoms with Gasteiger partial charge in [0.15, 0.2) is 0 Å². The standard InChI is InChI=1S/C22H26N2O4S/c1-15(23-13-18(25)11-16-5-3-2-4-6-16)14-28-19-9-7-17(8-10-19)12-20-21(26)24-22(27)29-20/h2-10,15,18,23,25-26H,11-14H2,1H3,(H,24,27). The van der Waals surface area contributed by atoms with Crippen molar-refractivity contribution in [1.29, 1.82) is 0 Å². The highest BCUT2D eigenvalue weighted by molar-refractivity contribution is 7.09. The lowest BCUT2D eigenvalue weighted by Crippen LogP contribution is -2.38. The predicted octanol–water partition coefficient (Wildman–Crippen LogP) is 2.69. The van der Waals surface area contributed by atoms with E-state index in [0.717, 1.165) is 28.2 Å². The molecule has 6 nitrogen and oxygen atoms in total. The van der Waals surface area contributed by atoms with Gasteiger partial charge in [0.1, 0.15) is 12.4 Å². The van der Waals surface area contributed by atoms with Crippen LogP contribution in [0.4, 0.5) is 0 Å². The summed E-state index contributed by atoms with van der Waals surface area (Å²) < 4.78 is 5.80. The van der Waals surface area contributed by atoms with Crippen molar-refractivity contribution in [2.45, 2.75) is 31.9 Å². The van der Waals surface area contributed by atoms with Crippen molar-refractivity contribution < 1.29 is 14.9 Å². The molecule has 3 aromatic rings. The number of aromatic hydroxyl groups is 1. The van der Waals surface area contributed by atoms with Crippen LogP contribution in [-0.4, -0.2) is 40.5 Å². The minimum atomic E-state index is -0.445. The summed E-state index contributed by atoms with van der Waals surface area (Å²) in [5.41, 5.74) is 2.10. The fourth-order valence-corrected chi connectivity index (χ4v) is 3.69. The Kier molecular flexibility index (Phi) is 7.46. The molecule has 4 N–H and O–H groups in total. The Morgan fingerprint density at radius 3 is 2.48 bits per heavy atom. The van der Waals surface area contributed by atoms with Gasteiger partial charge in [0.25, 0.3) is 0 Å². The Morgan fingerprint density at radius 2 is 1.83 bits per heavy atom. The van der Waals surface area contributed by atoms with E-state index >= 15 is 0 Å². The second kappa shape index (κ2) is 10.2. The molecule has 0 saturated heterocycles. The molecule has 1 aromatic heterocycles. The third-order valence-electron chi connectivity index (χ3n) is 4.50. The van der Waals surface area contributed by atoms with E-state index in [2.05, 4.69) is 10.3 Å². The second-order valence-corrected chi connectivity index (χ2v) is 8.14. The van der Waals surface area contributed by atoms with Gasteiger partial charge in [-0.3, -0.25) is 9.78 Å². The zero-order chi connectivity index (χ0) is 20.6. The van der Waals surface area contributed by atoms with E-state index in [1.807, 2.05) is 61.5 Å². The molecule has 2 atom stereocenters. The quantitative estimate of drug-likeness (QED) is 0.409. The molecule has 0 fully saturated rings. The van der Waals surface area contributed by atoms with Crippen LogP contribution < -0.4 is 14.9 Å². The number of benzene rings is 2. The number of hydrogen-bond acceptors (Lipinski definition) is 6. The zero-order valence-electron chi connectivity index (χ0n) is 16.3. The summed E-state index contributed by atoms with van der Waals surface area (Å²) in [6.45, 7) is 3.00. The Labute approximate surface area is 173 Å². The number of rotatable bonds is 10. The number of aromatic nitrogens is 1. The van der Waals surface area contributed by atoms with Gasteiger partial charge in [0.05, 0.1) is 11.0 Å². The molecule has 0 amide bonds. The minimum absolute atomic E-state index is 0.0605. The van der Waals surface area contributed by atoms with Crippen LogP contribution in [-0.2, 0) is 12.8 Å². The van der Waals surface area contributed by atoms with E-state index in [4.69, 9.17) is 4.74 Å². The van der Waals surface area contributed by atoms with Crippen molar-refractivity contribution in [3.63, 3.8) is 0 Å². The Balaban J connectivity index is 1.40. The molecule has 0 radical (unpaired) electrons. The number of thiazole rings is 1. The first-order chi connectivity index (χ1) is 14.0. The van der Waals surface area contributed by atoms with Gasteiger partial charge in [-0.25, -0.2) is 0 Å². The normalized spacial score (nSPS) is 13.2. The topological polar surface area (TPSA) is 94.6 Å². The average Bonchev–Trinajstić information content (AvgIpc) is 3.03. The van der Waals surface area contributed by atoms with Crippen LogP contribution in [0.25, 0.3) is 0 Å². The third-order valence-corrected chi connectivity index (χ3v) is 5.38. The summed E-state index contributed by atoms with van der Waals surface area (Å²) in [5.74, 6) is 0.688. The number of aromatic amines is 1. The van der Waals surface area contributed by atoms with Crippen LogP contribution in [0.15, 0.2) is 59.4 Å². The maximum atomic E-state index is 11.3. The molecular formula is C22H26N2O4S. The summed E-state index contributed by atoms with van der Waals surface area (Å²) in [6, 6.07) is 17.6. The number of ether oxygens (including phenoxy) is 1. The highest BCUT2D eigenvalue weighted by Crippen LogP contribution is 2.21. The number of aliphatic hydroxyl groups is 1. The predicted molar refractivity (Wildman–Crippen MR) is 115 cm³/mol. The van der Waals surface area contributed by atoms with Crippen molar-refractivity contribution in [3.05, 3.63) is 80.3 Å². The second-order valence-electron chi connectivity index (χ2n) is 7.07. The van der Waals surface area contributed by atoms with Crippen LogP contribution in [0.1, 0.15) is 22.9 Å². The summed E-state index contributed by atoms with van der Waals surface area (Å²) in [7, 11) is 0. The van der Waals surface area contributed by atoms with Crippen LogP contribution in [0.3, 0.4) is 0 Å². The van der Waals surface area contributed by atoms with Crippen molar-refractivity contribution in [2.24, 2.45) is 0 Å². The molecule has 0 spiro atoms. The molecule has 154 valence electrons. The summed E-state index contributed by atoms with van der Waals surface area (Å²) >= 11 is 1.01. The number of nitrogens with one attached hydrogen (secondary N) is 2. The Hall–Kier alpha value is -2.61. The molecule has 0 aliphatic heterocycles. The summed E-state index contributed by atoms with van der Waals surface area (Å²) in [4.78, 5) is 14.0. The molecule has 2 unspecified atom stereocenters. The van der Waals surface area contributed by atoms with Gasteiger partial charge in [-0.15, -0.1) is 0 Å². The van der Waals surface area contributed by atoms with Crippen molar-refractivity contribution in [1.82, 2.24) is 10.3 Å². The fourth-order valence-electron chi connectivity index (χ4n) is 2.94. The minimum Gasteiger partial charge on any atom is -0.494 e. The highest BCUT2D eigenvalue weighted by Gasteiger charge is 2.10. The molecule has 29 heavy (non-hydrogen) atoms. The van der Waals surface area contributed by atoms with E-state index in [0.29, 0.717) is 30.9 Å². The summed E-state index contributed by atoms with van der Waals surface area (Å²) in [5, 5.41) is 23.1. The molecule has 3 rings (SSSR count).